The van der Waals surface area contributed by atoms with Crippen molar-refractivity contribution in [1.29, 1.82) is 0 Å². The lowest BCUT2D eigenvalue weighted by atomic mass is 10.0. The first kappa shape index (κ1) is 20.9. The number of amides is 1. The van der Waals surface area contributed by atoms with Gasteiger partial charge in [0.2, 0.25) is 0 Å². The van der Waals surface area contributed by atoms with E-state index in [0.29, 0.717) is 12.1 Å². The van der Waals surface area contributed by atoms with Gasteiger partial charge in [-0.1, -0.05) is 20.3 Å². The maximum Gasteiger partial charge on any atom is 0.260 e. The van der Waals surface area contributed by atoms with Crippen molar-refractivity contribution in [3.63, 3.8) is 0 Å². The molecule has 5 nitrogen and oxygen atoms in total. The van der Waals surface area contributed by atoms with Crippen molar-refractivity contribution in [3.8, 4) is 0 Å². The summed E-state index contributed by atoms with van der Waals surface area (Å²) in [6, 6.07) is 5.46. The van der Waals surface area contributed by atoms with Crippen molar-refractivity contribution in [2.45, 2.75) is 73.0 Å². The van der Waals surface area contributed by atoms with Crippen LogP contribution in [0.5, 0.6) is 0 Å². The Labute approximate surface area is 162 Å². The second kappa shape index (κ2) is 9.49. The average molecular weight is 370 g/mol. The van der Waals surface area contributed by atoms with Crippen LogP contribution in [0.25, 0.3) is 0 Å². The monoisotopic (exact) mass is 369 g/mol. The van der Waals surface area contributed by atoms with Crippen LogP contribution in [0, 0.1) is 6.92 Å². The van der Waals surface area contributed by atoms with E-state index >= 15 is 0 Å². The van der Waals surface area contributed by atoms with Crippen LogP contribution in [-0.2, 0) is 19.5 Å². The molecule has 0 radical (unpaired) electrons. The second-order valence-corrected chi connectivity index (χ2v) is 7.01. The van der Waals surface area contributed by atoms with Gasteiger partial charge in [0.15, 0.2) is 5.43 Å². The highest BCUT2D eigenvalue weighted by atomic mass is 16.2. The molecule has 0 aliphatic heterocycles. The fraction of sp³-hybridized carbons (Fsp3) is 0.500. The summed E-state index contributed by atoms with van der Waals surface area (Å²) in [6.07, 6.45) is 5.89. The molecule has 1 atom stereocenters. The number of nitrogens with zero attached hydrogens (tertiary/aromatic N) is 3. The minimum Gasteiger partial charge on any atom is -0.348 e. The quantitative estimate of drug-likeness (QED) is 0.707. The molecule has 146 valence electrons. The summed E-state index contributed by atoms with van der Waals surface area (Å²) >= 11 is 0. The fourth-order valence-corrected chi connectivity index (χ4v) is 3.47. The zero-order valence-corrected chi connectivity index (χ0v) is 17.2. The molecule has 0 aromatic carbocycles. The first-order chi connectivity index (χ1) is 12.9. The van der Waals surface area contributed by atoms with Crippen LogP contribution >= 0.6 is 0 Å². The Morgan fingerprint density at radius 1 is 1.22 bits per heavy atom. The summed E-state index contributed by atoms with van der Waals surface area (Å²) < 4.78 is 2.10. The molecule has 0 unspecified atom stereocenters. The van der Waals surface area contributed by atoms with E-state index in [9.17, 15) is 9.59 Å². The molecule has 0 saturated carbocycles. The van der Waals surface area contributed by atoms with Crippen molar-refractivity contribution in [3.05, 3.63) is 63.3 Å². The summed E-state index contributed by atoms with van der Waals surface area (Å²) in [4.78, 5) is 32.3. The van der Waals surface area contributed by atoms with Crippen LogP contribution in [0.2, 0.25) is 0 Å². The standard InChI is InChI=1S/C22H31N3O2/c1-6-9-19-21(20(26)14-17(5)24(19)8-3)22(27)25(16(4)7-2)15-18-10-12-23-13-11-18/h10-14,16H,6-9,15H2,1-5H3/t16-/m1/s1. The Balaban J connectivity index is 2.55. The van der Waals surface area contributed by atoms with E-state index in [1.165, 1.54) is 0 Å². The zero-order valence-electron chi connectivity index (χ0n) is 17.2. The number of aryl methyl sites for hydroxylation is 1. The molecule has 0 spiro atoms. The third-order valence-electron chi connectivity index (χ3n) is 5.13. The van der Waals surface area contributed by atoms with Crippen LogP contribution < -0.4 is 5.43 Å². The molecule has 0 fully saturated rings. The predicted molar refractivity (Wildman–Crippen MR) is 109 cm³/mol. The van der Waals surface area contributed by atoms with Gasteiger partial charge in [-0.15, -0.1) is 0 Å². The fourth-order valence-electron chi connectivity index (χ4n) is 3.47. The molecule has 2 aromatic rings. The zero-order chi connectivity index (χ0) is 20.0. The third-order valence-corrected chi connectivity index (χ3v) is 5.13. The molecule has 2 heterocycles. The predicted octanol–water partition coefficient (Wildman–Crippen LogP) is 3.97. The lowest BCUT2D eigenvalue weighted by Crippen LogP contribution is -2.41. The second-order valence-electron chi connectivity index (χ2n) is 7.01. The molecule has 0 saturated heterocycles. The van der Waals surface area contributed by atoms with E-state index in [1.807, 2.05) is 37.8 Å². The summed E-state index contributed by atoms with van der Waals surface area (Å²) in [5.74, 6) is -0.170. The number of carbonyl (C=O) groups is 1. The first-order valence-corrected chi connectivity index (χ1v) is 9.87. The SMILES string of the molecule is CCCc1c(C(=O)N(Cc2ccncc2)[C@H](C)CC)c(=O)cc(C)n1CC. The molecule has 5 heteroatoms. The van der Waals surface area contributed by atoms with Crippen molar-refractivity contribution in [2.24, 2.45) is 0 Å². The number of pyridine rings is 2. The Kier molecular flexibility index (Phi) is 7.34. The average Bonchev–Trinajstić information content (AvgIpc) is 2.66. The highest BCUT2D eigenvalue weighted by Crippen LogP contribution is 2.18. The van der Waals surface area contributed by atoms with Gasteiger partial charge in [0, 0.05) is 49.0 Å². The van der Waals surface area contributed by atoms with E-state index in [2.05, 4.69) is 23.4 Å². The Morgan fingerprint density at radius 3 is 2.44 bits per heavy atom. The Bertz CT molecular complexity index is 827. The summed E-state index contributed by atoms with van der Waals surface area (Å²) in [6.45, 7) is 11.4. The maximum absolute atomic E-state index is 13.5. The highest BCUT2D eigenvalue weighted by molar-refractivity contribution is 5.95. The van der Waals surface area contributed by atoms with Crippen LogP contribution in [-0.4, -0.2) is 26.4 Å². The van der Waals surface area contributed by atoms with Gasteiger partial charge >= 0.3 is 0 Å². The van der Waals surface area contributed by atoms with Crippen molar-refractivity contribution in [2.75, 3.05) is 0 Å². The molecule has 2 aromatic heterocycles. The van der Waals surface area contributed by atoms with Crippen LogP contribution in [0.4, 0.5) is 0 Å². The summed E-state index contributed by atoms with van der Waals surface area (Å²) in [5.41, 5.74) is 2.94. The Hall–Kier alpha value is -2.43. The van der Waals surface area contributed by atoms with E-state index in [-0.39, 0.29) is 17.4 Å². The normalized spacial score (nSPS) is 12.0. The highest BCUT2D eigenvalue weighted by Gasteiger charge is 2.27. The van der Waals surface area contributed by atoms with E-state index in [0.717, 1.165) is 42.8 Å². The number of aromatic nitrogens is 2. The topological polar surface area (TPSA) is 55.2 Å². The summed E-state index contributed by atoms with van der Waals surface area (Å²) in [7, 11) is 0. The number of rotatable bonds is 8. The maximum atomic E-state index is 13.5. The van der Waals surface area contributed by atoms with Crippen molar-refractivity contribution in [1.82, 2.24) is 14.5 Å². The van der Waals surface area contributed by atoms with Crippen molar-refractivity contribution >= 4 is 5.91 Å². The molecular weight excluding hydrogens is 338 g/mol. The van der Waals surface area contributed by atoms with Gasteiger partial charge in [0.05, 0.1) is 0 Å². The van der Waals surface area contributed by atoms with E-state index < -0.39 is 0 Å². The van der Waals surface area contributed by atoms with Gasteiger partial charge in [-0.05, 0) is 51.3 Å². The van der Waals surface area contributed by atoms with Gasteiger partial charge in [-0.25, -0.2) is 0 Å². The van der Waals surface area contributed by atoms with Gasteiger partial charge in [-0.3, -0.25) is 14.6 Å². The molecule has 1 amide bonds. The number of hydrogen-bond donors (Lipinski definition) is 0. The van der Waals surface area contributed by atoms with Crippen LogP contribution in [0.3, 0.4) is 0 Å². The molecule has 0 bridgehead atoms. The largest absolute Gasteiger partial charge is 0.348 e. The summed E-state index contributed by atoms with van der Waals surface area (Å²) in [5, 5.41) is 0. The van der Waals surface area contributed by atoms with Crippen LogP contribution in [0.15, 0.2) is 35.4 Å². The molecular formula is C22H31N3O2. The smallest absolute Gasteiger partial charge is 0.260 e. The van der Waals surface area contributed by atoms with Crippen LogP contribution in [0.1, 0.15) is 67.8 Å². The Morgan fingerprint density at radius 2 is 1.89 bits per heavy atom. The first-order valence-electron chi connectivity index (χ1n) is 9.87. The number of carbonyl (C=O) groups excluding carboxylic acids is 1. The molecule has 0 aliphatic rings. The lowest BCUT2D eigenvalue weighted by molar-refractivity contribution is 0.0667. The third kappa shape index (κ3) is 4.65. The van der Waals surface area contributed by atoms with Gasteiger partial charge in [0.1, 0.15) is 5.56 Å². The molecule has 27 heavy (non-hydrogen) atoms. The van der Waals surface area contributed by atoms with Gasteiger partial charge in [-0.2, -0.15) is 0 Å². The van der Waals surface area contributed by atoms with E-state index in [1.54, 1.807) is 18.5 Å². The van der Waals surface area contributed by atoms with E-state index in [4.69, 9.17) is 0 Å². The molecule has 2 rings (SSSR count). The van der Waals surface area contributed by atoms with Gasteiger partial charge < -0.3 is 9.47 Å². The van der Waals surface area contributed by atoms with Gasteiger partial charge in [0.25, 0.3) is 5.91 Å². The van der Waals surface area contributed by atoms with Crippen molar-refractivity contribution < 1.29 is 4.79 Å². The minimum absolute atomic E-state index is 0.0379. The lowest BCUT2D eigenvalue weighted by Gasteiger charge is -2.30. The number of hydrogen-bond acceptors (Lipinski definition) is 3. The molecule has 0 aliphatic carbocycles. The molecule has 0 N–H and O–H groups in total. The minimum atomic E-state index is -0.173.